The van der Waals surface area contributed by atoms with Crippen LogP contribution < -0.4 is 10.0 Å². The van der Waals surface area contributed by atoms with Crippen molar-refractivity contribution in [3.05, 3.63) is 47.1 Å². The number of nitrogens with zero attached hydrogens (tertiary/aromatic N) is 1. The number of halogens is 1. The topological polar surface area (TPSA) is 71.1 Å². The van der Waals surface area contributed by atoms with E-state index in [1.807, 2.05) is 19.1 Å². The van der Waals surface area contributed by atoms with Gasteiger partial charge in [0.05, 0.1) is 18.1 Å². The van der Waals surface area contributed by atoms with Crippen LogP contribution in [0.15, 0.2) is 36.5 Å². The first-order chi connectivity index (χ1) is 9.33. The van der Waals surface area contributed by atoms with Gasteiger partial charge >= 0.3 is 0 Å². The summed E-state index contributed by atoms with van der Waals surface area (Å²) < 4.78 is 24.5. The molecule has 0 saturated heterocycles. The molecule has 0 amide bonds. The molecule has 0 unspecified atom stereocenters. The lowest BCUT2D eigenvalue weighted by Gasteiger charge is -2.10. The van der Waals surface area contributed by atoms with E-state index in [0.717, 1.165) is 23.2 Å². The van der Waals surface area contributed by atoms with Crippen LogP contribution in [0.3, 0.4) is 0 Å². The maximum atomic E-state index is 11.1. The van der Waals surface area contributed by atoms with Crippen molar-refractivity contribution in [3.8, 4) is 0 Å². The number of benzene rings is 1. The normalized spacial score (nSPS) is 11.2. The molecule has 0 radical (unpaired) electrons. The third kappa shape index (κ3) is 4.11. The summed E-state index contributed by atoms with van der Waals surface area (Å²) in [6.45, 7) is 1.95. The minimum Gasteiger partial charge on any atom is -0.354 e. The van der Waals surface area contributed by atoms with Crippen molar-refractivity contribution in [1.29, 1.82) is 0 Å². The van der Waals surface area contributed by atoms with Crippen LogP contribution in [-0.4, -0.2) is 19.7 Å². The zero-order chi connectivity index (χ0) is 14.8. The summed E-state index contributed by atoms with van der Waals surface area (Å²) in [5, 5.41) is 3.87. The molecule has 0 spiro atoms. The molecule has 1 aromatic carbocycles. The Bertz CT molecular complexity index is 715. The van der Waals surface area contributed by atoms with Gasteiger partial charge in [0.2, 0.25) is 10.0 Å². The Hall–Kier alpha value is -1.79. The highest BCUT2D eigenvalue weighted by Crippen LogP contribution is 2.23. The lowest BCUT2D eigenvalue weighted by molar-refractivity contribution is 0.606. The fourth-order valence-corrected chi connectivity index (χ4v) is 2.37. The standard InChI is InChI=1S/C13H14ClN3O2S/c1-9-7-10(14)3-5-12(9)16-11-4-6-13(15-8-11)17-20(2,18)19/h3-8,16H,1-2H3,(H,15,17). The number of hydrogen-bond acceptors (Lipinski definition) is 4. The summed E-state index contributed by atoms with van der Waals surface area (Å²) in [6.07, 6.45) is 2.64. The summed E-state index contributed by atoms with van der Waals surface area (Å²) in [4.78, 5) is 4.03. The van der Waals surface area contributed by atoms with Gasteiger partial charge < -0.3 is 5.32 Å². The van der Waals surface area contributed by atoms with Gasteiger partial charge in [-0.2, -0.15) is 0 Å². The minimum atomic E-state index is -3.31. The fraction of sp³-hybridized carbons (Fsp3) is 0.154. The molecule has 20 heavy (non-hydrogen) atoms. The Balaban J connectivity index is 2.14. The molecule has 0 atom stereocenters. The number of aromatic nitrogens is 1. The van der Waals surface area contributed by atoms with E-state index in [9.17, 15) is 8.42 Å². The molecular weight excluding hydrogens is 298 g/mol. The second kappa shape index (κ2) is 5.68. The molecule has 0 saturated carbocycles. The van der Waals surface area contributed by atoms with E-state index in [4.69, 9.17) is 11.6 Å². The van der Waals surface area contributed by atoms with Crippen molar-refractivity contribution in [3.63, 3.8) is 0 Å². The van der Waals surface area contributed by atoms with E-state index in [2.05, 4.69) is 15.0 Å². The highest BCUT2D eigenvalue weighted by atomic mass is 35.5. The predicted octanol–water partition coefficient (Wildman–Crippen LogP) is 3.16. The summed E-state index contributed by atoms with van der Waals surface area (Å²) in [5.41, 5.74) is 2.69. The maximum Gasteiger partial charge on any atom is 0.230 e. The number of hydrogen-bond donors (Lipinski definition) is 2. The van der Waals surface area contributed by atoms with Crippen LogP contribution in [0.25, 0.3) is 0 Å². The predicted molar refractivity (Wildman–Crippen MR) is 82.2 cm³/mol. The third-order valence-electron chi connectivity index (χ3n) is 2.52. The van der Waals surface area contributed by atoms with Crippen molar-refractivity contribution in [2.24, 2.45) is 0 Å². The molecule has 106 valence electrons. The Morgan fingerprint density at radius 2 is 1.95 bits per heavy atom. The molecule has 2 aromatic rings. The number of rotatable bonds is 4. The number of aryl methyl sites for hydroxylation is 1. The number of nitrogens with one attached hydrogen (secondary N) is 2. The fourth-order valence-electron chi connectivity index (χ4n) is 1.64. The first kappa shape index (κ1) is 14.6. The summed E-state index contributed by atoms with van der Waals surface area (Å²) in [7, 11) is -3.31. The minimum absolute atomic E-state index is 0.283. The van der Waals surface area contributed by atoms with E-state index < -0.39 is 10.0 Å². The van der Waals surface area contributed by atoms with Gasteiger partial charge in [-0.25, -0.2) is 13.4 Å². The lowest BCUT2D eigenvalue weighted by Crippen LogP contribution is -2.10. The molecule has 0 aliphatic heterocycles. The van der Waals surface area contributed by atoms with Gasteiger partial charge in [0.25, 0.3) is 0 Å². The van der Waals surface area contributed by atoms with Gasteiger partial charge in [-0.05, 0) is 42.8 Å². The molecule has 7 heteroatoms. The van der Waals surface area contributed by atoms with Crippen LogP contribution in [0.4, 0.5) is 17.2 Å². The third-order valence-corrected chi connectivity index (χ3v) is 3.34. The molecule has 0 aliphatic carbocycles. The SMILES string of the molecule is Cc1cc(Cl)ccc1Nc1ccc(NS(C)(=O)=O)nc1. The van der Waals surface area contributed by atoms with Gasteiger partial charge in [0.15, 0.2) is 0 Å². The van der Waals surface area contributed by atoms with Gasteiger partial charge in [-0.15, -0.1) is 0 Å². The van der Waals surface area contributed by atoms with Crippen LogP contribution in [0.5, 0.6) is 0 Å². The molecule has 0 fully saturated rings. The second-order valence-electron chi connectivity index (χ2n) is 4.39. The summed E-state index contributed by atoms with van der Waals surface area (Å²) in [5.74, 6) is 0.283. The maximum absolute atomic E-state index is 11.1. The molecule has 0 aliphatic rings. The van der Waals surface area contributed by atoms with E-state index >= 15 is 0 Å². The Kier molecular flexibility index (Phi) is 4.15. The summed E-state index contributed by atoms with van der Waals surface area (Å²) >= 11 is 5.90. The highest BCUT2D eigenvalue weighted by Gasteiger charge is 2.04. The highest BCUT2D eigenvalue weighted by molar-refractivity contribution is 7.92. The van der Waals surface area contributed by atoms with E-state index in [-0.39, 0.29) is 5.82 Å². The monoisotopic (exact) mass is 311 g/mol. The van der Waals surface area contributed by atoms with Gasteiger partial charge in [-0.3, -0.25) is 4.72 Å². The van der Waals surface area contributed by atoms with Crippen molar-refractivity contribution in [1.82, 2.24) is 4.98 Å². The van der Waals surface area contributed by atoms with Crippen LogP contribution in [0.2, 0.25) is 5.02 Å². The molecule has 2 N–H and O–H groups in total. The molecule has 1 aromatic heterocycles. The Morgan fingerprint density at radius 1 is 1.20 bits per heavy atom. The average Bonchev–Trinajstić information content (AvgIpc) is 2.33. The van der Waals surface area contributed by atoms with E-state index in [0.29, 0.717) is 5.02 Å². The lowest BCUT2D eigenvalue weighted by atomic mass is 10.2. The number of anilines is 3. The molecular formula is C13H14ClN3O2S. The van der Waals surface area contributed by atoms with Crippen LogP contribution >= 0.6 is 11.6 Å². The van der Waals surface area contributed by atoms with Crippen molar-refractivity contribution >= 4 is 38.8 Å². The molecule has 0 bridgehead atoms. The van der Waals surface area contributed by atoms with Crippen LogP contribution in [0.1, 0.15) is 5.56 Å². The largest absolute Gasteiger partial charge is 0.354 e. The molecule has 5 nitrogen and oxygen atoms in total. The quantitative estimate of drug-likeness (QED) is 0.910. The van der Waals surface area contributed by atoms with Gasteiger partial charge in [0.1, 0.15) is 5.82 Å². The van der Waals surface area contributed by atoms with Crippen LogP contribution in [-0.2, 0) is 10.0 Å². The van der Waals surface area contributed by atoms with Crippen molar-refractivity contribution in [2.45, 2.75) is 6.92 Å². The zero-order valence-electron chi connectivity index (χ0n) is 11.0. The van der Waals surface area contributed by atoms with E-state index in [1.54, 1.807) is 24.4 Å². The van der Waals surface area contributed by atoms with Crippen molar-refractivity contribution < 1.29 is 8.42 Å². The first-order valence-electron chi connectivity index (χ1n) is 5.80. The van der Waals surface area contributed by atoms with Crippen molar-refractivity contribution in [2.75, 3.05) is 16.3 Å². The number of pyridine rings is 1. The van der Waals surface area contributed by atoms with Gasteiger partial charge in [-0.1, -0.05) is 11.6 Å². The second-order valence-corrected chi connectivity index (χ2v) is 6.58. The molecule has 1 heterocycles. The van der Waals surface area contributed by atoms with Crippen LogP contribution in [0, 0.1) is 6.92 Å². The van der Waals surface area contributed by atoms with Gasteiger partial charge in [0, 0.05) is 10.7 Å². The zero-order valence-corrected chi connectivity index (χ0v) is 12.6. The average molecular weight is 312 g/mol. The smallest absolute Gasteiger partial charge is 0.230 e. The number of sulfonamides is 1. The van der Waals surface area contributed by atoms with E-state index in [1.165, 1.54) is 0 Å². The first-order valence-corrected chi connectivity index (χ1v) is 8.07. The summed E-state index contributed by atoms with van der Waals surface area (Å²) in [6, 6.07) is 8.87. The molecule has 2 rings (SSSR count). The Labute approximate surface area is 123 Å². The Morgan fingerprint density at radius 3 is 2.50 bits per heavy atom.